The van der Waals surface area contributed by atoms with Crippen molar-refractivity contribution >= 4 is 35.0 Å². The maximum absolute atomic E-state index is 14.1. The van der Waals surface area contributed by atoms with Gasteiger partial charge in [0, 0.05) is 58.1 Å². The lowest BCUT2D eigenvalue weighted by Gasteiger charge is -2.37. The Bertz CT molecular complexity index is 1870. The van der Waals surface area contributed by atoms with Crippen LogP contribution in [-0.2, 0) is 29.3 Å². The van der Waals surface area contributed by atoms with Gasteiger partial charge in [-0.2, -0.15) is 23.4 Å². The minimum Gasteiger partial charge on any atom is -0.383 e. The minimum atomic E-state index is -4.80. The molecule has 4 aromatic rings. The molecule has 0 bridgehead atoms. The zero-order chi connectivity index (χ0) is 35.6. The molecule has 2 saturated heterocycles. The molecule has 266 valence electrons. The number of alkyl halides is 3. The number of hydrogen-bond donors (Lipinski definition) is 2. The number of halogens is 4. The standard InChI is InChI=1S/C32H36ClF3N10O4/c1-42-26(24-19-46(41-27(24)32(34,35)36)22-16-39-45(18-22)13-14-50-2)17-38-28(42)29(47)40-21-3-4-23(25(33)15-21)31(49)44-11-9-43(10-12-44)30(48)20-5-7-37-8-6-20/h3-4,15-20,37H,5-14H2,1-2H3,(H,40,47). The van der Waals surface area contributed by atoms with Gasteiger partial charge >= 0.3 is 6.18 Å². The van der Waals surface area contributed by atoms with Crippen LogP contribution in [0.2, 0.25) is 5.02 Å². The van der Waals surface area contributed by atoms with Crippen LogP contribution in [0, 0.1) is 5.92 Å². The van der Waals surface area contributed by atoms with Crippen LogP contribution in [0.25, 0.3) is 16.9 Å². The molecule has 0 saturated carbocycles. The monoisotopic (exact) mass is 716 g/mol. The third kappa shape index (κ3) is 7.39. The number of rotatable bonds is 9. The van der Waals surface area contributed by atoms with Gasteiger partial charge in [-0.15, -0.1) is 0 Å². The van der Waals surface area contributed by atoms with E-state index in [1.165, 1.54) is 60.2 Å². The lowest BCUT2D eigenvalue weighted by molar-refractivity contribution is -0.141. The van der Waals surface area contributed by atoms with E-state index in [1.54, 1.807) is 11.1 Å². The fourth-order valence-corrected chi connectivity index (χ4v) is 6.39. The van der Waals surface area contributed by atoms with Gasteiger partial charge in [-0.25, -0.2) is 9.67 Å². The SMILES string of the molecule is COCCn1cc(-n2cc(-c3cnc(C(=O)Nc4ccc(C(=O)N5CCN(C(=O)C6CCNCC6)CC5)c(Cl)c4)n3C)c(C(F)(F)F)n2)cn1. The number of piperidine rings is 1. The summed E-state index contributed by atoms with van der Waals surface area (Å²) in [6.45, 7) is 4.05. The molecule has 2 aliphatic heterocycles. The highest BCUT2D eigenvalue weighted by Crippen LogP contribution is 2.37. The summed E-state index contributed by atoms with van der Waals surface area (Å²) in [5, 5.41) is 13.9. The highest BCUT2D eigenvalue weighted by atomic mass is 35.5. The first-order chi connectivity index (χ1) is 23.9. The maximum atomic E-state index is 14.1. The van der Waals surface area contributed by atoms with Crippen LogP contribution in [0.4, 0.5) is 18.9 Å². The molecule has 18 heteroatoms. The summed E-state index contributed by atoms with van der Waals surface area (Å²) < 4.78 is 51.2. The third-order valence-electron chi connectivity index (χ3n) is 8.88. The lowest BCUT2D eigenvalue weighted by atomic mass is 9.96. The molecule has 14 nitrogen and oxygen atoms in total. The van der Waals surface area contributed by atoms with Crippen molar-refractivity contribution in [3.05, 3.63) is 65.1 Å². The normalized spacial score (nSPS) is 15.8. The molecule has 3 aromatic heterocycles. The molecule has 2 N–H and O–H groups in total. The van der Waals surface area contributed by atoms with Gasteiger partial charge in [0.25, 0.3) is 11.8 Å². The van der Waals surface area contributed by atoms with E-state index in [9.17, 15) is 27.6 Å². The van der Waals surface area contributed by atoms with Crippen molar-refractivity contribution in [2.45, 2.75) is 25.6 Å². The molecule has 0 spiro atoms. The molecule has 6 rings (SSSR count). The molecule has 0 unspecified atom stereocenters. The first-order valence-electron chi connectivity index (χ1n) is 16.0. The lowest BCUT2D eigenvalue weighted by Crippen LogP contribution is -2.52. The quantitative estimate of drug-likeness (QED) is 0.269. The minimum absolute atomic E-state index is 0.0111. The molecular formula is C32H36ClF3N10O4. The maximum Gasteiger partial charge on any atom is 0.435 e. The number of aromatic nitrogens is 6. The van der Waals surface area contributed by atoms with E-state index in [0.29, 0.717) is 45.0 Å². The molecule has 0 aliphatic carbocycles. The highest BCUT2D eigenvalue weighted by molar-refractivity contribution is 6.34. The fourth-order valence-electron chi connectivity index (χ4n) is 6.13. The van der Waals surface area contributed by atoms with Gasteiger partial charge in [-0.3, -0.25) is 19.1 Å². The Morgan fingerprint density at radius 2 is 1.78 bits per heavy atom. The van der Waals surface area contributed by atoms with E-state index < -0.39 is 17.8 Å². The van der Waals surface area contributed by atoms with E-state index in [-0.39, 0.29) is 51.1 Å². The number of piperazine rings is 1. The number of anilines is 1. The van der Waals surface area contributed by atoms with E-state index in [0.717, 1.165) is 30.6 Å². The Kier molecular flexibility index (Phi) is 10.3. The van der Waals surface area contributed by atoms with Crippen molar-refractivity contribution in [1.29, 1.82) is 0 Å². The third-order valence-corrected chi connectivity index (χ3v) is 9.20. The molecule has 5 heterocycles. The number of carbonyl (C=O) groups is 3. The Balaban J connectivity index is 1.12. The van der Waals surface area contributed by atoms with Gasteiger partial charge in [-0.1, -0.05) is 11.6 Å². The topological polar surface area (TPSA) is 144 Å². The Labute approximate surface area is 290 Å². The van der Waals surface area contributed by atoms with Crippen molar-refractivity contribution in [2.75, 3.05) is 58.3 Å². The van der Waals surface area contributed by atoms with Crippen molar-refractivity contribution in [2.24, 2.45) is 13.0 Å². The average molecular weight is 717 g/mol. The van der Waals surface area contributed by atoms with Crippen LogP contribution >= 0.6 is 11.6 Å². The predicted octanol–water partition coefficient (Wildman–Crippen LogP) is 3.32. The first kappa shape index (κ1) is 35.1. The Morgan fingerprint density at radius 1 is 1.06 bits per heavy atom. The van der Waals surface area contributed by atoms with Gasteiger partial charge in [0.05, 0.1) is 53.6 Å². The van der Waals surface area contributed by atoms with Crippen LogP contribution in [0.15, 0.2) is 43.0 Å². The zero-order valence-electron chi connectivity index (χ0n) is 27.4. The fraction of sp³-hybridized carbons (Fsp3) is 0.438. The van der Waals surface area contributed by atoms with Crippen molar-refractivity contribution in [3.8, 4) is 16.9 Å². The van der Waals surface area contributed by atoms with Crippen LogP contribution < -0.4 is 10.6 Å². The van der Waals surface area contributed by atoms with Gasteiger partial charge in [0.15, 0.2) is 11.5 Å². The van der Waals surface area contributed by atoms with Crippen LogP contribution in [-0.4, -0.2) is 110 Å². The largest absolute Gasteiger partial charge is 0.435 e. The number of imidazole rings is 1. The Hall–Kier alpha value is -4.74. The van der Waals surface area contributed by atoms with E-state index in [4.69, 9.17) is 16.3 Å². The van der Waals surface area contributed by atoms with E-state index >= 15 is 0 Å². The molecule has 0 radical (unpaired) electrons. The number of nitrogens with one attached hydrogen (secondary N) is 2. The van der Waals surface area contributed by atoms with Crippen molar-refractivity contribution < 1.29 is 32.3 Å². The summed E-state index contributed by atoms with van der Waals surface area (Å²) in [5.74, 6) is -1.02. The van der Waals surface area contributed by atoms with E-state index in [2.05, 4.69) is 25.8 Å². The Morgan fingerprint density at radius 3 is 2.46 bits per heavy atom. The summed E-state index contributed by atoms with van der Waals surface area (Å²) in [6.07, 6.45) is 2.13. The average Bonchev–Trinajstić information content (AvgIpc) is 3.86. The smallest absolute Gasteiger partial charge is 0.383 e. The number of carbonyl (C=O) groups excluding carboxylic acids is 3. The summed E-state index contributed by atoms with van der Waals surface area (Å²) in [5.41, 5.74) is -0.618. The predicted molar refractivity (Wildman–Crippen MR) is 176 cm³/mol. The van der Waals surface area contributed by atoms with Crippen LogP contribution in [0.5, 0.6) is 0 Å². The number of ether oxygens (including phenoxy) is 1. The van der Waals surface area contributed by atoms with Crippen molar-refractivity contribution in [1.82, 2.24) is 44.2 Å². The van der Waals surface area contributed by atoms with E-state index in [1.807, 2.05) is 4.90 Å². The number of methoxy groups -OCH3 is 1. The molecule has 1 aromatic carbocycles. The summed E-state index contributed by atoms with van der Waals surface area (Å²) in [7, 11) is 2.95. The highest BCUT2D eigenvalue weighted by Gasteiger charge is 2.39. The number of benzene rings is 1. The molecule has 3 amide bonds. The van der Waals surface area contributed by atoms with Crippen LogP contribution in [0.3, 0.4) is 0 Å². The van der Waals surface area contributed by atoms with Gasteiger partial charge in [0.1, 0.15) is 5.69 Å². The molecular weight excluding hydrogens is 681 g/mol. The van der Waals surface area contributed by atoms with Crippen molar-refractivity contribution in [3.63, 3.8) is 0 Å². The molecule has 2 aliphatic rings. The number of hydrogen-bond acceptors (Lipinski definition) is 8. The molecule has 2 fully saturated rings. The second kappa shape index (κ2) is 14.6. The van der Waals surface area contributed by atoms with Crippen LogP contribution in [0.1, 0.15) is 39.5 Å². The number of amides is 3. The summed E-state index contributed by atoms with van der Waals surface area (Å²) in [4.78, 5) is 47.0. The number of nitrogens with zero attached hydrogens (tertiary/aromatic N) is 8. The summed E-state index contributed by atoms with van der Waals surface area (Å²) in [6, 6.07) is 4.43. The summed E-state index contributed by atoms with van der Waals surface area (Å²) >= 11 is 6.49. The molecule has 0 atom stereocenters. The second-order valence-corrected chi connectivity index (χ2v) is 12.5. The molecule has 50 heavy (non-hydrogen) atoms. The zero-order valence-corrected chi connectivity index (χ0v) is 28.2. The van der Waals surface area contributed by atoms with Gasteiger partial charge in [0.2, 0.25) is 5.91 Å². The van der Waals surface area contributed by atoms with Gasteiger partial charge < -0.3 is 29.7 Å². The first-order valence-corrected chi connectivity index (χ1v) is 16.4. The van der Waals surface area contributed by atoms with Gasteiger partial charge in [-0.05, 0) is 44.1 Å². The second-order valence-electron chi connectivity index (χ2n) is 12.1.